The van der Waals surface area contributed by atoms with Crippen LogP contribution in [0.4, 0.5) is 0 Å². The molecule has 5 N–H and O–H groups in total. The number of hydrogen-bond donors (Lipinski definition) is 4. The van der Waals surface area contributed by atoms with Gasteiger partial charge in [-0.05, 0) is 19.4 Å². The molecule has 0 saturated carbocycles. The Labute approximate surface area is 111 Å². The second-order valence-electron chi connectivity index (χ2n) is 5.10. The van der Waals surface area contributed by atoms with Gasteiger partial charge in [-0.25, -0.2) is 0 Å². The lowest BCUT2D eigenvalue weighted by atomic mass is 10.0. The summed E-state index contributed by atoms with van der Waals surface area (Å²) in [4.78, 5) is 13.0. The Morgan fingerprint density at radius 3 is 2.68 bits per heavy atom. The number of nitrogens with two attached hydrogens (primary N) is 1. The van der Waals surface area contributed by atoms with Gasteiger partial charge in [-0.3, -0.25) is 9.69 Å². The van der Waals surface area contributed by atoms with E-state index in [1.54, 1.807) is 6.07 Å². The molecule has 0 aliphatic carbocycles. The van der Waals surface area contributed by atoms with Crippen molar-refractivity contribution in [3.63, 3.8) is 0 Å². The van der Waals surface area contributed by atoms with Gasteiger partial charge in [0.2, 0.25) is 0 Å². The van der Waals surface area contributed by atoms with Crippen LogP contribution in [0.3, 0.4) is 0 Å². The third-order valence-electron chi connectivity index (χ3n) is 3.77. The maximum atomic E-state index is 11.1. The van der Waals surface area contributed by atoms with Crippen molar-refractivity contribution in [1.29, 1.82) is 0 Å². The van der Waals surface area contributed by atoms with Crippen LogP contribution in [0.5, 0.6) is 11.5 Å². The van der Waals surface area contributed by atoms with E-state index < -0.39 is 11.5 Å². The predicted molar refractivity (Wildman–Crippen MR) is 68.9 cm³/mol. The minimum Gasteiger partial charge on any atom is -0.508 e. The van der Waals surface area contributed by atoms with Gasteiger partial charge in [-0.15, -0.1) is 0 Å². The van der Waals surface area contributed by atoms with Crippen LogP contribution in [-0.2, 0) is 4.79 Å². The van der Waals surface area contributed by atoms with Crippen molar-refractivity contribution >= 4 is 5.97 Å². The zero-order valence-electron chi connectivity index (χ0n) is 10.7. The molecule has 1 aliphatic rings. The molecule has 1 aliphatic heterocycles. The van der Waals surface area contributed by atoms with Crippen LogP contribution >= 0.6 is 0 Å². The summed E-state index contributed by atoms with van der Waals surface area (Å²) in [6, 6.07) is 4.24. The number of phenolic OH excluding ortho intramolecular Hbond substituents is 2. The molecule has 6 heteroatoms. The number of rotatable bonds is 3. The van der Waals surface area contributed by atoms with Gasteiger partial charge < -0.3 is 21.1 Å². The number of carboxylic acid groups (broad SMARTS) is 1. The van der Waals surface area contributed by atoms with E-state index in [4.69, 9.17) is 10.8 Å². The first-order valence-electron chi connectivity index (χ1n) is 6.12. The van der Waals surface area contributed by atoms with E-state index >= 15 is 0 Å². The van der Waals surface area contributed by atoms with Crippen molar-refractivity contribution in [1.82, 2.24) is 4.90 Å². The smallest absolute Gasteiger partial charge is 0.325 e. The predicted octanol–water partition coefficient (Wildman–Crippen LogP) is 0.647. The minimum absolute atomic E-state index is 0.00246. The molecule has 0 radical (unpaired) electrons. The second-order valence-corrected chi connectivity index (χ2v) is 5.10. The van der Waals surface area contributed by atoms with Gasteiger partial charge >= 0.3 is 5.97 Å². The van der Waals surface area contributed by atoms with Gasteiger partial charge in [0.15, 0.2) is 0 Å². The summed E-state index contributed by atoms with van der Waals surface area (Å²) in [7, 11) is 0. The molecule has 19 heavy (non-hydrogen) atoms. The summed E-state index contributed by atoms with van der Waals surface area (Å²) in [6.07, 6.45) is 0.380. The number of aromatic hydroxyl groups is 2. The molecule has 2 rings (SSSR count). The van der Waals surface area contributed by atoms with Crippen molar-refractivity contribution < 1.29 is 20.1 Å². The van der Waals surface area contributed by atoms with Gasteiger partial charge in [-0.1, -0.05) is 6.07 Å². The van der Waals surface area contributed by atoms with Gasteiger partial charge in [0, 0.05) is 30.8 Å². The lowest BCUT2D eigenvalue weighted by Crippen LogP contribution is -2.50. The molecule has 104 valence electrons. The number of carbonyl (C=O) groups is 1. The van der Waals surface area contributed by atoms with E-state index in [-0.39, 0.29) is 24.1 Å². The van der Waals surface area contributed by atoms with Crippen molar-refractivity contribution in [3.8, 4) is 11.5 Å². The van der Waals surface area contributed by atoms with E-state index in [1.807, 2.05) is 11.8 Å². The first-order valence-corrected chi connectivity index (χ1v) is 6.12. The van der Waals surface area contributed by atoms with Crippen LogP contribution in [-0.4, -0.2) is 44.8 Å². The number of hydrogen-bond acceptors (Lipinski definition) is 5. The van der Waals surface area contributed by atoms with Gasteiger partial charge in [-0.2, -0.15) is 0 Å². The van der Waals surface area contributed by atoms with Crippen LogP contribution in [0.25, 0.3) is 0 Å². The largest absolute Gasteiger partial charge is 0.508 e. The van der Waals surface area contributed by atoms with Crippen molar-refractivity contribution in [2.45, 2.75) is 24.9 Å². The Hall–Kier alpha value is -1.79. The van der Waals surface area contributed by atoms with E-state index in [2.05, 4.69) is 0 Å². The fourth-order valence-electron chi connectivity index (χ4n) is 2.45. The summed E-state index contributed by atoms with van der Waals surface area (Å²) in [5.41, 5.74) is 5.25. The van der Waals surface area contributed by atoms with Crippen molar-refractivity contribution in [2.24, 2.45) is 5.73 Å². The molecular weight excluding hydrogens is 248 g/mol. The molecule has 2 atom stereocenters. The first kappa shape index (κ1) is 13.6. The molecule has 0 aromatic heterocycles. The monoisotopic (exact) mass is 266 g/mol. The van der Waals surface area contributed by atoms with Gasteiger partial charge in [0.1, 0.15) is 17.0 Å². The van der Waals surface area contributed by atoms with Crippen LogP contribution in [0.1, 0.15) is 24.9 Å². The number of benzene rings is 1. The number of aliphatic carboxylic acids is 1. The maximum Gasteiger partial charge on any atom is 0.325 e. The molecule has 1 fully saturated rings. The summed E-state index contributed by atoms with van der Waals surface area (Å²) in [5, 5.41) is 28.2. The molecule has 2 unspecified atom stereocenters. The van der Waals surface area contributed by atoms with Crippen LogP contribution in [0.2, 0.25) is 0 Å². The maximum absolute atomic E-state index is 11.1. The van der Waals surface area contributed by atoms with E-state index in [0.29, 0.717) is 18.5 Å². The SMILES string of the molecule is CC(c1ccc(O)cc1O)N1CCC(N)(C(=O)O)C1. The number of likely N-dealkylation sites (tertiary alicyclic amines) is 1. The third-order valence-corrected chi connectivity index (χ3v) is 3.77. The average Bonchev–Trinajstić information content (AvgIpc) is 2.73. The summed E-state index contributed by atoms with van der Waals surface area (Å²) >= 11 is 0. The number of carboxylic acids is 1. The van der Waals surface area contributed by atoms with Crippen LogP contribution in [0.15, 0.2) is 18.2 Å². The Kier molecular flexibility index (Phi) is 3.38. The molecule has 1 saturated heterocycles. The van der Waals surface area contributed by atoms with E-state index in [1.165, 1.54) is 12.1 Å². The average molecular weight is 266 g/mol. The van der Waals surface area contributed by atoms with E-state index in [0.717, 1.165) is 0 Å². The Morgan fingerprint density at radius 1 is 1.47 bits per heavy atom. The molecule has 0 amide bonds. The zero-order chi connectivity index (χ0) is 14.2. The highest BCUT2D eigenvalue weighted by Crippen LogP contribution is 2.34. The first-order chi connectivity index (χ1) is 8.83. The minimum atomic E-state index is -1.22. The molecule has 1 heterocycles. The van der Waals surface area contributed by atoms with Crippen LogP contribution < -0.4 is 5.73 Å². The molecule has 1 aromatic carbocycles. The molecule has 6 nitrogen and oxygen atoms in total. The fraction of sp³-hybridized carbons (Fsp3) is 0.462. The number of nitrogens with zero attached hydrogens (tertiary/aromatic N) is 1. The summed E-state index contributed by atoms with van der Waals surface area (Å²) in [6.45, 7) is 2.67. The highest BCUT2D eigenvalue weighted by atomic mass is 16.4. The third kappa shape index (κ3) is 2.50. The standard InChI is InChI=1S/C13H18N2O4/c1-8(10-3-2-9(16)6-11(10)17)15-5-4-13(14,7-15)12(18)19/h2-3,6,8,16-17H,4-5,7,14H2,1H3,(H,18,19). The summed E-state index contributed by atoms with van der Waals surface area (Å²) in [5.74, 6) is -1.01. The van der Waals surface area contributed by atoms with Gasteiger partial charge in [0.05, 0.1) is 0 Å². The van der Waals surface area contributed by atoms with E-state index in [9.17, 15) is 15.0 Å². The Morgan fingerprint density at radius 2 is 2.16 bits per heavy atom. The lowest BCUT2D eigenvalue weighted by Gasteiger charge is -2.26. The van der Waals surface area contributed by atoms with Crippen molar-refractivity contribution in [3.05, 3.63) is 23.8 Å². The topological polar surface area (TPSA) is 107 Å². The van der Waals surface area contributed by atoms with Crippen molar-refractivity contribution in [2.75, 3.05) is 13.1 Å². The second kappa shape index (κ2) is 4.71. The molecule has 0 bridgehead atoms. The van der Waals surface area contributed by atoms with Crippen LogP contribution in [0, 0.1) is 0 Å². The normalized spacial score (nSPS) is 25.4. The highest BCUT2D eigenvalue weighted by Gasteiger charge is 2.42. The Bertz CT molecular complexity index is 505. The quantitative estimate of drug-likeness (QED) is 0.640. The van der Waals surface area contributed by atoms with Gasteiger partial charge in [0.25, 0.3) is 0 Å². The molecule has 1 aromatic rings. The number of phenols is 2. The fourth-order valence-corrected chi connectivity index (χ4v) is 2.45. The lowest BCUT2D eigenvalue weighted by molar-refractivity contribution is -0.142. The molecule has 0 spiro atoms. The zero-order valence-corrected chi connectivity index (χ0v) is 10.7. The summed E-state index contributed by atoms with van der Waals surface area (Å²) < 4.78 is 0. The highest BCUT2D eigenvalue weighted by molar-refractivity contribution is 5.79. The Balaban J connectivity index is 2.17. The molecular formula is C13H18N2O4.